The molecule has 6 rings (SSSR count). The van der Waals surface area contributed by atoms with Crippen LogP contribution in [0.5, 0.6) is 5.75 Å². The average Bonchev–Trinajstić information content (AvgIpc) is 3.95. The van der Waals surface area contributed by atoms with Gasteiger partial charge in [-0.05, 0) is 44.2 Å². The maximum absolute atomic E-state index is 14.3. The molecule has 5 amide bonds. The Kier molecular flexibility index (Phi) is 13.4. The van der Waals surface area contributed by atoms with Crippen molar-refractivity contribution >= 4 is 35.5 Å². The highest BCUT2D eigenvalue weighted by Gasteiger charge is 2.43. The molecule has 0 unspecified atom stereocenters. The van der Waals surface area contributed by atoms with Gasteiger partial charge in [-0.15, -0.1) is 0 Å². The Morgan fingerprint density at radius 3 is 2.33 bits per heavy atom. The van der Waals surface area contributed by atoms with Crippen LogP contribution in [0.15, 0.2) is 64.0 Å². The molecule has 2 aliphatic heterocycles. The predicted octanol–water partition coefficient (Wildman–Crippen LogP) is 2.91. The second kappa shape index (κ2) is 18.4. The lowest BCUT2D eigenvalue weighted by Crippen LogP contribution is -2.48. The summed E-state index contributed by atoms with van der Waals surface area (Å²) in [5, 5.41) is 18.9. The van der Waals surface area contributed by atoms with Crippen molar-refractivity contribution in [2.75, 3.05) is 13.7 Å². The Bertz CT molecular complexity index is 2090. The Morgan fingerprint density at radius 1 is 0.982 bits per heavy atom. The average molecular weight is 787 g/mol. The maximum Gasteiger partial charge on any atom is 0.300 e. The summed E-state index contributed by atoms with van der Waals surface area (Å²) < 4.78 is 16.8. The van der Waals surface area contributed by atoms with Gasteiger partial charge in [-0.2, -0.15) is 0 Å². The van der Waals surface area contributed by atoms with Crippen molar-refractivity contribution in [2.24, 2.45) is 5.92 Å². The number of amides is 5. The largest absolute Gasteiger partial charge is 0.494 e. The highest BCUT2D eigenvalue weighted by atomic mass is 16.5. The molecule has 4 bridgehead atoms. The first-order chi connectivity index (χ1) is 27.1. The van der Waals surface area contributed by atoms with Gasteiger partial charge in [0, 0.05) is 31.6 Å². The van der Waals surface area contributed by atoms with E-state index >= 15 is 0 Å². The molecule has 0 spiro atoms. The van der Waals surface area contributed by atoms with Crippen molar-refractivity contribution < 1.29 is 47.4 Å². The van der Waals surface area contributed by atoms with Crippen LogP contribution in [0, 0.1) is 12.8 Å². The summed E-state index contributed by atoms with van der Waals surface area (Å²) in [6, 6.07) is 6.59. The minimum atomic E-state index is -1.07. The van der Waals surface area contributed by atoms with Crippen molar-refractivity contribution in [2.45, 2.75) is 84.1 Å². The van der Waals surface area contributed by atoms with Crippen LogP contribution in [0.4, 0.5) is 0 Å². The molecule has 0 aliphatic carbocycles. The summed E-state index contributed by atoms with van der Waals surface area (Å²) >= 11 is 0. The van der Waals surface area contributed by atoms with Crippen molar-refractivity contribution in [3.8, 4) is 5.75 Å². The van der Waals surface area contributed by atoms with E-state index in [1.165, 1.54) is 30.7 Å². The SMILES string of the molecule is CC(=O)O.COc1cnc(C)cc1C(=O)N[C@H]1C[C@H]2C(=O)N[C@@H](Cc3ccccc3)c3nc(co3)C(=O)N[C@H](CC(C)C)C(=O)N[C@H](C)c3nc(co3)C(=O)N2C1. The number of benzene rings is 1. The number of ether oxygens (including phenoxy) is 1. The van der Waals surface area contributed by atoms with E-state index in [-0.39, 0.29) is 59.8 Å². The zero-order valence-corrected chi connectivity index (χ0v) is 32.4. The van der Waals surface area contributed by atoms with Gasteiger partial charge >= 0.3 is 0 Å². The molecular weight excluding hydrogens is 740 g/mol. The van der Waals surface area contributed by atoms with Crippen LogP contribution in [0.25, 0.3) is 0 Å². The van der Waals surface area contributed by atoms with E-state index < -0.39 is 65.7 Å². The first-order valence-electron chi connectivity index (χ1n) is 18.3. The fourth-order valence-electron chi connectivity index (χ4n) is 6.48. The number of carboxylic acids is 1. The monoisotopic (exact) mass is 786 g/mol. The number of hydrogen-bond donors (Lipinski definition) is 5. The fraction of sp³-hybridized carbons (Fsp3) is 0.410. The topological polar surface area (TPSA) is 248 Å². The number of rotatable bonds is 7. The molecule has 2 aliphatic rings. The molecule has 302 valence electrons. The number of aliphatic carboxylic acids is 1. The van der Waals surface area contributed by atoms with E-state index in [1.807, 2.05) is 44.2 Å². The molecule has 18 nitrogen and oxygen atoms in total. The smallest absolute Gasteiger partial charge is 0.300 e. The van der Waals surface area contributed by atoms with Gasteiger partial charge in [0.25, 0.3) is 23.7 Å². The van der Waals surface area contributed by atoms with Gasteiger partial charge in [0.05, 0.1) is 18.9 Å². The van der Waals surface area contributed by atoms with Crippen LogP contribution in [0.1, 0.15) is 107 Å². The number of aromatic nitrogens is 3. The molecule has 1 aromatic carbocycles. The van der Waals surface area contributed by atoms with Crippen molar-refractivity contribution in [3.63, 3.8) is 0 Å². The van der Waals surface area contributed by atoms with Crippen LogP contribution >= 0.6 is 0 Å². The highest BCUT2D eigenvalue weighted by Crippen LogP contribution is 2.26. The highest BCUT2D eigenvalue weighted by molar-refractivity contribution is 5.99. The molecule has 4 aromatic rings. The minimum Gasteiger partial charge on any atom is -0.494 e. The number of carbonyl (C=O) groups excluding carboxylic acids is 5. The van der Waals surface area contributed by atoms with Crippen LogP contribution in [0.2, 0.25) is 0 Å². The van der Waals surface area contributed by atoms with Crippen LogP contribution in [-0.2, 0) is 20.8 Å². The Labute approximate surface area is 328 Å². The van der Waals surface area contributed by atoms with Crippen LogP contribution in [-0.4, -0.2) is 92.2 Å². The second-order valence-corrected chi connectivity index (χ2v) is 14.2. The number of carbonyl (C=O) groups is 6. The van der Waals surface area contributed by atoms with Gasteiger partial charge in [-0.25, -0.2) is 9.97 Å². The first-order valence-corrected chi connectivity index (χ1v) is 18.3. The molecule has 5 atom stereocenters. The number of fused-ring (bicyclic) bond motifs is 5. The quantitative estimate of drug-likeness (QED) is 0.181. The number of methoxy groups -OCH3 is 1. The summed E-state index contributed by atoms with van der Waals surface area (Å²) in [7, 11) is 1.43. The third kappa shape index (κ3) is 10.6. The number of oxazole rings is 2. The van der Waals surface area contributed by atoms with E-state index in [0.29, 0.717) is 12.1 Å². The number of carboxylic acid groups (broad SMARTS) is 1. The Hall–Kier alpha value is -6.59. The van der Waals surface area contributed by atoms with Crippen LogP contribution < -0.4 is 26.0 Å². The first kappa shape index (κ1) is 41.6. The number of hydrogen-bond acceptors (Lipinski definition) is 12. The second-order valence-electron chi connectivity index (χ2n) is 14.2. The standard InChI is InChI=1S/C37H42N8O8.C2H4O2/c1-19(2)11-25-32(47)39-21(4)35-44-28(18-52-35)37(50)45-16-23(40-31(46)24-12-20(3)38-15-30(24)51-5)14-29(45)34(49)42-26(13-22-9-7-6-8-10-22)36-43-27(17-53-36)33(48)41-25;1-2(3)4/h6-10,12,15,17-19,21,23,25-26,29H,11,13-14,16H2,1-5H3,(H,39,47)(H,40,46)(H,41,48)(H,42,49);1H3,(H,3,4)/t21-,23+,25-,26+,29+;/m1./s1. The van der Waals surface area contributed by atoms with E-state index in [1.54, 1.807) is 19.9 Å². The van der Waals surface area contributed by atoms with Crippen molar-refractivity contribution in [3.05, 3.63) is 95.1 Å². The van der Waals surface area contributed by atoms with E-state index in [4.69, 9.17) is 23.5 Å². The predicted molar refractivity (Wildman–Crippen MR) is 201 cm³/mol. The summed E-state index contributed by atoms with van der Waals surface area (Å²) in [6.45, 7) is 8.27. The van der Waals surface area contributed by atoms with E-state index in [0.717, 1.165) is 12.5 Å². The Balaban J connectivity index is 0.00000148. The molecule has 5 heterocycles. The molecule has 1 fully saturated rings. The Morgan fingerprint density at radius 2 is 1.65 bits per heavy atom. The zero-order chi connectivity index (χ0) is 41.4. The molecule has 3 aromatic heterocycles. The lowest BCUT2D eigenvalue weighted by molar-refractivity contribution is -0.134. The molecular formula is C39H46N8O10. The number of pyridine rings is 1. The summed E-state index contributed by atoms with van der Waals surface area (Å²) in [5.74, 6) is -3.16. The molecule has 0 radical (unpaired) electrons. The number of nitrogens with zero attached hydrogens (tertiary/aromatic N) is 4. The molecule has 18 heteroatoms. The lowest BCUT2D eigenvalue weighted by Gasteiger charge is -2.25. The maximum atomic E-state index is 14.3. The van der Waals surface area contributed by atoms with Crippen molar-refractivity contribution in [1.82, 2.24) is 41.1 Å². The van der Waals surface area contributed by atoms with E-state index in [9.17, 15) is 24.0 Å². The zero-order valence-electron chi connectivity index (χ0n) is 32.4. The number of aryl methyl sites for hydroxylation is 1. The minimum absolute atomic E-state index is 0.0346. The van der Waals surface area contributed by atoms with Crippen molar-refractivity contribution in [1.29, 1.82) is 0 Å². The lowest BCUT2D eigenvalue weighted by atomic mass is 10.0. The summed E-state index contributed by atoms with van der Waals surface area (Å²) in [5.41, 5.74) is 1.52. The molecule has 1 saturated heterocycles. The van der Waals surface area contributed by atoms with Gasteiger partial charge < -0.3 is 44.8 Å². The third-order valence-corrected chi connectivity index (χ3v) is 9.12. The summed E-state index contributed by atoms with van der Waals surface area (Å²) in [6.07, 6.45) is 4.40. The van der Waals surface area contributed by atoms with Gasteiger partial charge in [0.2, 0.25) is 23.6 Å². The van der Waals surface area contributed by atoms with Crippen LogP contribution in [0.3, 0.4) is 0 Å². The summed E-state index contributed by atoms with van der Waals surface area (Å²) in [4.78, 5) is 92.1. The van der Waals surface area contributed by atoms with E-state index in [2.05, 4.69) is 36.2 Å². The fourth-order valence-corrected chi connectivity index (χ4v) is 6.48. The van der Waals surface area contributed by atoms with Gasteiger partial charge in [0.1, 0.15) is 42.4 Å². The van der Waals surface area contributed by atoms with Gasteiger partial charge in [0.15, 0.2) is 11.4 Å². The van der Waals surface area contributed by atoms with Gasteiger partial charge in [-0.1, -0.05) is 44.2 Å². The molecule has 57 heavy (non-hydrogen) atoms. The number of nitrogens with one attached hydrogen (secondary N) is 4. The third-order valence-electron chi connectivity index (χ3n) is 9.12. The molecule has 0 saturated carbocycles. The molecule has 5 N–H and O–H groups in total. The van der Waals surface area contributed by atoms with Gasteiger partial charge in [-0.3, -0.25) is 33.8 Å². The normalized spacial score (nSPS) is 21.2.